The maximum Gasteiger partial charge on any atom is 0.180 e. The summed E-state index contributed by atoms with van der Waals surface area (Å²) in [7, 11) is 0. The van der Waals surface area contributed by atoms with Gasteiger partial charge in [0, 0.05) is 47.4 Å². The average Bonchev–Trinajstić information content (AvgIpc) is 3.48. The predicted molar refractivity (Wildman–Crippen MR) is 120 cm³/mol. The molecule has 0 amide bonds. The maximum absolute atomic E-state index is 4.73. The van der Waals surface area contributed by atoms with Crippen LogP contribution in [0.2, 0.25) is 0 Å². The molecule has 8 heteroatoms. The average molecular weight is 499 g/mol. The first kappa shape index (κ1) is 18.5. The van der Waals surface area contributed by atoms with Crippen LogP contribution in [0.1, 0.15) is 31.5 Å². The smallest absolute Gasteiger partial charge is 0.180 e. The van der Waals surface area contributed by atoms with Gasteiger partial charge in [-0.15, -0.1) is 0 Å². The molecule has 0 saturated carbocycles. The van der Waals surface area contributed by atoms with E-state index in [0.29, 0.717) is 11.8 Å². The number of imidazole rings is 1. The molecule has 1 aromatic carbocycles. The molecule has 1 aliphatic heterocycles. The Kier molecular flexibility index (Phi) is 4.94. The molecule has 4 aromatic rings. The molecule has 0 spiro atoms. The summed E-state index contributed by atoms with van der Waals surface area (Å²) < 4.78 is 5.11. The second kappa shape index (κ2) is 7.74. The van der Waals surface area contributed by atoms with Crippen molar-refractivity contribution >= 4 is 34.1 Å². The van der Waals surface area contributed by atoms with Crippen molar-refractivity contribution in [1.29, 1.82) is 0 Å². The van der Waals surface area contributed by atoms with Crippen molar-refractivity contribution in [2.45, 2.75) is 25.7 Å². The van der Waals surface area contributed by atoms with Crippen LogP contribution in [0.5, 0.6) is 0 Å². The van der Waals surface area contributed by atoms with Crippen LogP contribution in [0.3, 0.4) is 0 Å². The number of hydrogen-bond acceptors (Lipinski definition) is 5. The van der Waals surface area contributed by atoms with Crippen molar-refractivity contribution in [2.24, 2.45) is 5.92 Å². The fourth-order valence-corrected chi connectivity index (χ4v) is 4.47. The van der Waals surface area contributed by atoms with Crippen molar-refractivity contribution in [3.8, 4) is 5.69 Å². The lowest BCUT2D eigenvalue weighted by Crippen LogP contribution is -2.22. The molecule has 7 nitrogen and oxygen atoms in total. The molecule has 0 aliphatic carbocycles. The maximum atomic E-state index is 4.73. The van der Waals surface area contributed by atoms with Crippen molar-refractivity contribution in [2.75, 3.05) is 18.0 Å². The molecule has 0 N–H and O–H groups in total. The first-order valence-corrected chi connectivity index (χ1v) is 11.0. The second-order valence-electron chi connectivity index (χ2n) is 7.67. The van der Waals surface area contributed by atoms with Gasteiger partial charge >= 0.3 is 0 Å². The van der Waals surface area contributed by atoms with E-state index in [-0.39, 0.29) is 0 Å². The minimum atomic E-state index is 0.320. The summed E-state index contributed by atoms with van der Waals surface area (Å²) in [5, 5.41) is 4.73. The summed E-state index contributed by atoms with van der Waals surface area (Å²) in [5.41, 5.74) is 1.97. The molecule has 29 heavy (non-hydrogen) atoms. The Labute approximate surface area is 183 Å². The molecule has 0 bridgehead atoms. The number of halogens is 1. The van der Waals surface area contributed by atoms with Gasteiger partial charge in [0.2, 0.25) is 0 Å². The van der Waals surface area contributed by atoms with Crippen LogP contribution in [-0.2, 0) is 0 Å². The zero-order valence-electron chi connectivity index (χ0n) is 16.2. The van der Waals surface area contributed by atoms with Crippen molar-refractivity contribution in [3.63, 3.8) is 0 Å². The van der Waals surface area contributed by atoms with Gasteiger partial charge in [-0.25, -0.2) is 19.6 Å². The summed E-state index contributed by atoms with van der Waals surface area (Å²) in [6.45, 7) is 4.24. The standard InChI is InChI=1S/C21H22IN7/c1-15(19-25-14-29(26-19)18-4-2-17(22)3-5-18)12-16-6-9-28(13-16)21-20-23-7-10-27(20)11-8-24-21/h2-5,7-8,10-11,14-16H,6,9,12-13H2,1H3. The van der Waals surface area contributed by atoms with Crippen LogP contribution < -0.4 is 4.90 Å². The predicted octanol–water partition coefficient (Wildman–Crippen LogP) is 3.93. The summed E-state index contributed by atoms with van der Waals surface area (Å²) >= 11 is 2.31. The van der Waals surface area contributed by atoms with E-state index in [4.69, 9.17) is 5.10 Å². The Hall–Kier alpha value is -2.49. The van der Waals surface area contributed by atoms with Crippen LogP contribution >= 0.6 is 22.6 Å². The first-order valence-electron chi connectivity index (χ1n) is 9.87. The Morgan fingerprint density at radius 3 is 2.72 bits per heavy atom. The molecule has 2 atom stereocenters. The molecule has 5 rings (SSSR count). The number of rotatable bonds is 5. The third kappa shape index (κ3) is 3.73. The molecular formula is C21H22IN7. The molecular weight excluding hydrogens is 477 g/mol. The second-order valence-corrected chi connectivity index (χ2v) is 8.92. The lowest BCUT2D eigenvalue weighted by molar-refractivity contribution is 0.474. The van der Waals surface area contributed by atoms with Crippen LogP contribution in [0.4, 0.5) is 5.82 Å². The van der Waals surface area contributed by atoms with Crippen LogP contribution in [0.15, 0.2) is 55.4 Å². The Morgan fingerprint density at radius 2 is 1.90 bits per heavy atom. The number of hydrogen-bond donors (Lipinski definition) is 0. The summed E-state index contributed by atoms with van der Waals surface area (Å²) in [6.07, 6.45) is 11.6. The quantitative estimate of drug-likeness (QED) is 0.390. The highest BCUT2D eigenvalue weighted by Gasteiger charge is 2.27. The first-order chi connectivity index (χ1) is 14.2. The van der Waals surface area contributed by atoms with E-state index in [2.05, 4.69) is 73.6 Å². The van der Waals surface area contributed by atoms with Crippen molar-refractivity contribution in [3.05, 3.63) is 64.8 Å². The van der Waals surface area contributed by atoms with E-state index in [0.717, 1.165) is 48.9 Å². The number of nitrogens with zero attached hydrogens (tertiary/aromatic N) is 7. The normalized spacial score (nSPS) is 17.9. The molecule has 2 unspecified atom stereocenters. The number of fused-ring (bicyclic) bond motifs is 1. The minimum absolute atomic E-state index is 0.320. The van der Waals surface area contributed by atoms with Gasteiger partial charge in [0.05, 0.1) is 5.69 Å². The molecule has 1 aliphatic rings. The zero-order chi connectivity index (χ0) is 19.8. The van der Waals surface area contributed by atoms with E-state index in [1.54, 1.807) is 0 Å². The SMILES string of the molecule is CC(CC1CCN(c2nccn3ccnc23)C1)c1ncn(-c2ccc(I)cc2)n1. The van der Waals surface area contributed by atoms with E-state index >= 15 is 0 Å². The number of anilines is 1. The topological polar surface area (TPSA) is 64.1 Å². The molecule has 1 fully saturated rings. The van der Waals surface area contributed by atoms with Gasteiger partial charge < -0.3 is 9.30 Å². The van der Waals surface area contributed by atoms with Gasteiger partial charge in [-0.05, 0) is 65.6 Å². The van der Waals surface area contributed by atoms with Crippen molar-refractivity contribution < 1.29 is 0 Å². The van der Waals surface area contributed by atoms with Crippen LogP contribution in [0.25, 0.3) is 11.3 Å². The van der Waals surface area contributed by atoms with E-state index < -0.39 is 0 Å². The molecule has 4 heterocycles. The van der Waals surface area contributed by atoms with E-state index in [1.807, 2.05) is 40.2 Å². The van der Waals surface area contributed by atoms with Gasteiger partial charge in [-0.2, -0.15) is 5.10 Å². The van der Waals surface area contributed by atoms with Gasteiger partial charge in [0.15, 0.2) is 17.3 Å². The lowest BCUT2D eigenvalue weighted by atomic mass is 9.95. The van der Waals surface area contributed by atoms with E-state index in [9.17, 15) is 0 Å². The molecule has 3 aromatic heterocycles. The Balaban J connectivity index is 1.25. The lowest BCUT2D eigenvalue weighted by Gasteiger charge is -2.19. The van der Waals surface area contributed by atoms with Crippen molar-refractivity contribution in [1.82, 2.24) is 29.1 Å². The largest absolute Gasteiger partial charge is 0.353 e. The highest BCUT2D eigenvalue weighted by atomic mass is 127. The third-order valence-corrected chi connectivity index (χ3v) is 6.33. The third-order valence-electron chi connectivity index (χ3n) is 5.61. The molecule has 1 saturated heterocycles. The number of benzene rings is 1. The fourth-order valence-electron chi connectivity index (χ4n) is 4.11. The minimum Gasteiger partial charge on any atom is -0.353 e. The van der Waals surface area contributed by atoms with Gasteiger partial charge in [-0.1, -0.05) is 6.92 Å². The highest BCUT2D eigenvalue weighted by molar-refractivity contribution is 14.1. The summed E-state index contributed by atoms with van der Waals surface area (Å²) in [4.78, 5) is 16.0. The van der Waals surface area contributed by atoms with Gasteiger partial charge in [0.25, 0.3) is 0 Å². The summed E-state index contributed by atoms with van der Waals surface area (Å²) in [6, 6.07) is 8.32. The van der Waals surface area contributed by atoms with E-state index in [1.165, 1.54) is 3.57 Å². The van der Waals surface area contributed by atoms with Gasteiger partial charge in [-0.3, -0.25) is 0 Å². The monoisotopic (exact) mass is 499 g/mol. The van der Waals surface area contributed by atoms with Crippen LogP contribution in [0, 0.1) is 9.49 Å². The van der Waals surface area contributed by atoms with Crippen LogP contribution in [-0.4, -0.2) is 42.2 Å². The fraction of sp³-hybridized carbons (Fsp3) is 0.333. The molecule has 148 valence electrons. The molecule has 0 radical (unpaired) electrons. The Bertz CT molecular complexity index is 1120. The summed E-state index contributed by atoms with van der Waals surface area (Å²) in [5.74, 6) is 2.82. The highest BCUT2D eigenvalue weighted by Crippen LogP contribution is 2.31. The number of aromatic nitrogens is 6. The zero-order valence-corrected chi connectivity index (χ0v) is 18.3. The Morgan fingerprint density at radius 1 is 1.10 bits per heavy atom. The van der Waals surface area contributed by atoms with Gasteiger partial charge in [0.1, 0.15) is 6.33 Å².